The molecule has 0 fully saturated rings. The van der Waals surface area contributed by atoms with Gasteiger partial charge in [-0.25, -0.2) is 13.8 Å². The van der Waals surface area contributed by atoms with Crippen LogP contribution in [0.4, 0.5) is 22.0 Å². The number of ether oxygens (including phenoxy) is 2. The van der Waals surface area contributed by atoms with E-state index in [4.69, 9.17) is 4.74 Å². The summed E-state index contributed by atoms with van der Waals surface area (Å²) in [5.41, 5.74) is 1.96. The lowest BCUT2D eigenvalue weighted by Crippen LogP contribution is -2.16. The van der Waals surface area contributed by atoms with Crippen LogP contribution in [-0.2, 0) is 4.74 Å². The van der Waals surface area contributed by atoms with Gasteiger partial charge in [0.2, 0.25) is 5.90 Å². The number of alkyl halides is 3. The van der Waals surface area contributed by atoms with Crippen molar-refractivity contribution in [1.29, 1.82) is 0 Å². The SMILES string of the molecule is C[C@@H]1OC(c2c(F)cccc2F)=NC1c1ccc(-c2ccc(OC(F)(F)F)cc2)cc1. The van der Waals surface area contributed by atoms with Gasteiger partial charge in [-0.1, -0.05) is 42.5 Å². The van der Waals surface area contributed by atoms with Crippen molar-refractivity contribution >= 4 is 5.90 Å². The van der Waals surface area contributed by atoms with Crippen molar-refractivity contribution in [3.05, 3.63) is 89.5 Å². The second-order valence-corrected chi connectivity index (χ2v) is 6.99. The van der Waals surface area contributed by atoms with Crippen molar-refractivity contribution in [1.82, 2.24) is 0 Å². The summed E-state index contributed by atoms with van der Waals surface area (Å²) in [5, 5.41) is 0. The van der Waals surface area contributed by atoms with Crippen LogP contribution in [0.25, 0.3) is 11.1 Å². The summed E-state index contributed by atoms with van der Waals surface area (Å²) in [4.78, 5) is 4.37. The minimum absolute atomic E-state index is 0.0857. The molecule has 0 radical (unpaired) electrons. The predicted molar refractivity (Wildman–Crippen MR) is 105 cm³/mol. The van der Waals surface area contributed by atoms with Gasteiger partial charge in [0.1, 0.15) is 35.1 Å². The Morgan fingerprint density at radius 2 is 1.39 bits per heavy atom. The number of aliphatic imine (C=N–C) groups is 1. The Balaban J connectivity index is 1.55. The highest BCUT2D eigenvalue weighted by molar-refractivity contribution is 5.96. The summed E-state index contributed by atoms with van der Waals surface area (Å²) in [5.74, 6) is -1.88. The molecule has 3 aromatic carbocycles. The Morgan fingerprint density at radius 1 is 0.839 bits per heavy atom. The average Bonchev–Trinajstić information content (AvgIpc) is 3.08. The van der Waals surface area contributed by atoms with Gasteiger partial charge >= 0.3 is 6.36 Å². The van der Waals surface area contributed by atoms with Crippen molar-refractivity contribution in [2.75, 3.05) is 0 Å². The first-order valence-corrected chi connectivity index (χ1v) is 9.36. The van der Waals surface area contributed by atoms with Crippen LogP contribution >= 0.6 is 0 Å². The molecule has 0 N–H and O–H groups in total. The van der Waals surface area contributed by atoms with Gasteiger partial charge in [0.05, 0.1) is 0 Å². The summed E-state index contributed by atoms with van der Waals surface area (Å²) >= 11 is 0. The first-order valence-electron chi connectivity index (χ1n) is 9.36. The van der Waals surface area contributed by atoms with Gasteiger partial charge in [-0.2, -0.15) is 0 Å². The van der Waals surface area contributed by atoms with E-state index in [9.17, 15) is 22.0 Å². The van der Waals surface area contributed by atoms with E-state index >= 15 is 0 Å². The molecule has 0 amide bonds. The Morgan fingerprint density at radius 3 is 1.94 bits per heavy atom. The van der Waals surface area contributed by atoms with Crippen LogP contribution in [-0.4, -0.2) is 18.4 Å². The Labute approximate surface area is 174 Å². The Bertz CT molecular complexity index is 1090. The number of hydrogen-bond donors (Lipinski definition) is 0. The van der Waals surface area contributed by atoms with Gasteiger partial charge in [0, 0.05) is 0 Å². The molecule has 1 heterocycles. The molecule has 1 aliphatic rings. The van der Waals surface area contributed by atoms with Crippen LogP contribution in [0.5, 0.6) is 5.75 Å². The molecule has 1 aliphatic heterocycles. The molecule has 160 valence electrons. The second-order valence-electron chi connectivity index (χ2n) is 6.99. The average molecular weight is 433 g/mol. The van der Waals surface area contributed by atoms with Crippen molar-refractivity contribution in [2.45, 2.75) is 25.4 Å². The smallest absolute Gasteiger partial charge is 0.472 e. The van der Waals surface area contributed by atoms with Gasteiger partial charge < -0.3 is 9.47 Å². The van der Waals surface area contributed by atoms with E-state index in [1.165, 1.54) is 30.3 Å². The number of halogens is 5. The fourth-order valence-corrected chi connectivity index (χ4v) is 3.40. The molecule has 2 atom stereocenters. The third kappa shape index (κ3) is 4.52. The van der Waals surface area contributed by atoms with Crippen molar-refractivity contribution in [2.24, 2.45) is 4.99 Å². The van der Waals surface area contributed by atoms with E-state index in [0.29, 0.717) is 5.56 Å². The summed E-state index contributed by atoms with van der Waals surface area (Å²) in [7, 11) is 0. The van der Waals surface area contributed by atoms with E-state index in [1.54, 1.807) is 31.2 Å². The molecule has 0 bridgehead atoms. The highest BCUT2D eigenvalue weighted by Crippen LogP contribution is 2.33. The van der Waals surface area contributed by atoms with E-state index in [-0.39, 0.29) is 17.2 Å². The topological polar surface area (TPSA) is 30.8 Å². The predicted octanol–water partition coefficient (Wildman–Crippen LogP) is 6.44. The molecule has 1 unspecified atom stereocenters. The zero-order valence-electron chi connectivity index (χ0n) is 16.2. The first-order chi connectivity index (χ1) is 14.7. The molecule has 3 aromatic rings. The second kappa shape index (κ2) is 8.02. The van der Waals surface area contributed by atoms with Crippen LogP contribution in [0, 0.1) is 11.6 Å². The molecule has 4 rings (SSSR count). The highest BCUT2D eigenvalue weighted by Gasteiger charge is 2.32. The molecule has 0 saturated heterocycles. The van der Waals surface area contributed by atoms with Crippen molar-refractivity contribution in [3.63, 3.8) is 0 Å². The van der Waals surface area contributed by atoms with E-state index < -0.39 is 30.1 Å². The van der Waals surface area contributed by atoms with Crippen LogP contribution in [0.3, 0.4) is 0 Å². The molecule has 0 saturated carbocycles. The third-order valence-electron chi connectivity index (χ3n) is 4.85. The lowest BCUT2D eigenvalue weighted by molar-refractivity contribution is -0.274. The maximum Gasteiger partial charge on any atom is 0.573 e. The van der Waals surface area contributed by atoms with Crippen molar-refractivity contribution in [3.8, 4) is 16.9 Å². The minimum Gasteiger partial charge on any atom is -0.472 e. The van der Waals surface area contributed by atoms with Crippen molar-refractivity contribution < 1.29 is 31.4 Å². The standard InChI is InChI=1S/C23H16F5NO2/c1-13-21(29-22(30-13)20-18(24)3-2-4-19(20)25)16-7-5-14(6-8-16)15-9-11-17(12-10-15)31-23(26,27)28/h2-13,21H,1H3/t13-,21?/m0/s1. The quantitative estimate of drug-likeness (QED) is 0.444. The fraction of sp³-hybridized carbons (Fsp3) is 0.174. The lowest BCUT2D eigenvalue weighted by Gasteiger charge is -2.14. The molecule has 0 spiro atoms. The van der Waals surface area contributed by atoms with Crippen LogP contribution in [0.15, 0.2) is 71.7 Å². The fourth-order valence-electron chi connectivity index (χ4n) is 3.40. The number of nitrogens with zero attached hydrogens (tertiary/aromatic N) is 1. The largest absolute Gasteiger partial charge is 0.573 e. The number of hydrogen-bond acceptors (Lipinski definition) is 3. The third-order valence-corrected chi connectivity index (χ3v) is 4.85. The normalized spacial score (nSPS) is 18.5. The van der Waals surface area contributed by atoms with E-state index in [2.05, 4.69) is 9.73 Å². The first kappa shape index (κ1) is 20.8. The van der Waals surface area contributed by atoms with Gasteiger partial charge in [-0.3, -0.25) is 0 Å². The molecular formula is C23H16F5NO2. The van der Waals surface area contributed by atoms with Gasteiger partial charge in [-0.05, 0) is 47.9 Å². The Hall–Kier alpha value is -3.42. The van der Waals surface area contributed by atoms with E-state index in [1.807, 2.05) is 0 Å². The summed E-state index contributed by atoms with van der Waals surface area (Å²) in [6, 6.07) is 15.8. The molecule has 0 aliphatic carbocycles. The van der Waals surface area contributed by atoms with Crippen LogP contribution in [0.1, 0.15) is 24.1 Å². The zero-order chi connectivity index (χ0) is 22.2. The number of rotatable bonds is 4. The minimum atomic E-state index is -4.74. The lowest BCUT2D eigenvalue weighted by atomic mass is 9.99. The summed E-state index contributed by atoms with van der Waals surface area (Å²) in [6.45, 7) is 1.76. The van der Waals surface area contributed by atoms with Gasteiger partial charge in [0.25, 0.3) is 0 Å². The molecule has 8 heteroatoms. The molecule has 31 heavy (non-hydrogen) atoms. The number of benzene rings is 3. The summed E-state index contributed by atoms with van der Waals surface area (Å²) in [6.07, 6.45) is -5.17. The summed E-state index contributed by atoms with van der Waals surface area (Å²) < 4.78 is 74.4. The highest BCUT2D eigenvalue weighted by atomic mass is 19.4. The molecular weight excluding hydrogens is 417 g/mol. The Kier molecular flexibility index (Phi) is 5.39. The monoisotopic (exact) mass is 433 g/mol. The van der Waals surface area contributed by atoms with Gasteiger partial charge in [0.15, 0.2) is 0 Å². The van der Waals surface area contributed by atoms with Crippen LogP contribution in [0.2, 0.25) is 0 Å². The van der Waals surface area contributed by atoms with E-state index in [0.717, 1.165) is 23.3 Å². The molecule has 0 aromatic heterocycles. The maximum atomic E-state index is 14.0. The van der Waals surface area contributed by atoms with Gasteiger partial charge in [-0.15, -0.1) is 13.2 Å². The van der Waals surface area contributed by atoms with Crippen LogP contribution < -0.4 is 4.74 Å². The maximum absolute atomic E-state index is 14.0. The zero-order valence-corrected chi connectivity index (χ0v) is 16.2. The molecule has 3 nitrogen and oxygen atoms in total.